The highest BCUT2D eigenvalue weighted by Crippen LogP contribution is 2.33. The van der Waals surface area contributed by atoms with E-state index >= 15 is 0 Å². The molecule has 0 spiro atoms. The van der Waals surface area contributed by atoms with Crippen molar-refractivity contribution in [1.82, 2.24) is 14.5 Å². The molecular formula is C17H22FN3O. The maximum Gasteiger partial charge on any atom is 0.165 e. The summed E-state index contributed by atoms with van der Waals surface area (Å²) >= 11 is 0. The van der Waals surface area contributed by atoms with E-state index in [-0.39, 0.29) is 5.82 Å². The molecule has 0 bridgehead atoms. The Morgan fingerprint density at radius 3 is 2.91 bits per heavy atom. The summed E-state index contributed by atoms with van der Waals surface area (Å²) in [4.78, 5) is 7.08. The second-order valence-electron chi connectivity index (χ2n) is 5.95. The molecule has 1 aliphatic rings. The van der Waals surface area contributed by atoms with Gasteiger partial charge in [0.1, 0.15) is 5.82 Å². The number of hydrogen-bond donors (Lipinski definition) is 0. The van der Waals surface area contributed by atoms with E-state index in [1.165, 1.54) is 13.2 Å². The Kier molecular flexibility index (Phi) is 4.16. The van der Waals surface area contributed by atoms with Gasteiger partial charge in [-0.15, -0.1) is 0 Å². The first-order chi connectivity index (χ1) is 10.6. The highest BCUT2D eigenvalue weighted by molar-refractivity contribution is 5.30. The van der Waals surface area contributed by atoms with E-state index in [9.17, 15) is 4.39 Å². The number of ether oxygens (including phenoxy) is 1. The van der Waals surface area contributed by atoms with Crippen molar-refractivity contribution in [2.75, 3.05) is 13.7 Å². The highest BCUT2D eigenvalue weighted by atomic mass is 19.1. The van der Waals surface area contributed by atoms with Gasteiger partial charge in [-0.05, 0) is 44.0 Å². The zero-order valence-electron chi connectivity index (χ0n) is 13.3. The minimum absolute atomic E-state index is 0.307. The fraction of sp³-hybridized carbons (Fsp3) is 0.471. The third-order valence-corrected chi connectivity index (χ3v) is 4.30. The van der Waals surface area contributed by atoms with Gasteiger partial charge >= 0.3 is 0 Å². The number of hydrogen-bond acceptors (Lipinski definition) is 3. The van der Waals surface area contributed by atoms with Crippen molar-refractivity contribution in [1.29, 1.82) is 0 Å². The normalized spacial score (nSPS) is 18.8. The maximum atomic E-state index is 13.5. The molecule has 1 atom stereocenters. The molecule has 22 heavy (non-hydrogen) atoms. The largest absolute Gasteiger partial charge is 0.494 e. The van der Waals surface area contributed by atoms with Crippen molar-refractivity contribution < 1.29 is 9.13 Å². The third-order valence-electron chi connectivity index (χ3n) is 4.30. The Bertz CT molecular complexity index is 668. The topological polar surface area (TPSA) is 30.3 Å². The molecule has 2 aromatic rings. The lowest BCUT2D eigenvalue weighted by Gasteiger charge is -2.24. The minimum atomic E-state index is -0.316. The number of aryl methyl sites for hydroxylation is 2. The van der Waals surface area contributed by atoms with Crippen LogP contribution in [0.4, 0.5) is 4.39 Å². The van der Waals surface area contributed by atoms with Crippen molar-refractivity contribution in [2.24, 2.45) is 7.05 Å². The predicted octanol–water partition coefficient (Wildman–Crippen LogP) is 3.21. The van der Waals surface area contributed by atoms with Crippen molar-refractivity contribution in [3.8, 4) is 5.75 Å². The molecule has 3 rings (SSSR count). The summed E-state index contributed by atoms with van der Waals surface area (Å²) in [6.07, 6.45) is 4.34. The van der Waals surface area contributed by atoms with Gasteiger partial charge in [0, 0.05) is 19.8 Å². The van der Waals surface area contributed by atoms with E-state index in [0.29, 0.717) is 11.8 Å². The molecule has 5 heteroatoms. The van der Waals surface area contributed by atoms with Gasteiger partial charge in [0.25, 0.3) is 0 Å². The van der Waals surface area contributed by atoms with Crippen molar-refractivity contribution in [3.63, 3.8) is 0 Å². The summed E-state index contributed by atoms with van der Waals surface area (Å²) in [6, 6.07) is 5.42. The summed E-state index contributed by atoms with van der Waals surface area (Å²) in [5.74, 6) is 1.11. The summed E-state index contributed by atoms with van der Waals surface area (Å²) in [5.41, 5.74) is 2.11. The van der Waals surface area contributed by atoms with Crippen LogP contribution in [0, 0.1) is 12.7 Å². The summed E-state index contributed by atoms with van der Waals surface area (Å²) in [6.45, 7) is 3.84. The molecule has 1 aliphatic heterocycles. The third kappa shape index (κ3) is 2.86. The fourth-order valence-corrected chi connectivity index (χ4v) is 3.29. The van der Waals surface area contributed by atoms with Crippen LogP contribution in [0.15, 0.2) is 24.4 Å². The van der Waals surface area contributed by atoms with E-state index in [4.69, 9.17) is 4.74 Å². The maximum absolute atomic E-state index is 13.5. The number of likely N-dealkylation sites (tertiary alicyclic amines) is 1. The molecule has 1 saturated heterocycles. The van der Waals surface area contributed by atoms with Crippen LogP contribution < -0.4 is 4.74 Å². The van der Waals surface area contributed by atoms with Crippen LogP contribution in [-0.2, 0) is 13.6 Å². The second-order valence-corrected chi connectivity index (χ2v) is 5.95. The smallest absolute Gasteiger partial charge is 0.165 e. The summed E-state index contributed by atoms with van der Waals surface area (Å²) in [5, 5.41) is 0. The highest BCUT2D eigenvalue weighted by Gasteiger charge is 2.29. The van der Waals surface area contributed by atoms with Gasteiger partial charge in [0.15, 0.2) is 11.6 Å². The first-order valence-corrected chi connectivity index (χ1v) is 7.65. The number of imidazole rings is 1. The first-order valence-electron chi connectivity index (χ1n) is 7.65. The molecule has 1 aromatic heterocycles. The molecule has 0 radical (unpaired) electrons. The Morgan fingerprint density at radius 2 is 2.23 bits per heavy atom. The van der Waals surface area contributed by atoms with Crippen LogP contribution in [0.2, 0.25) is 0 Å². The van der Waals surface area contributed by atoms with Crippen molar-refractivity contribution in [3.05, 3.63) is 47.3 Å². The van der Waals surface area contributed by atoms with Gasteiger partial charge in [-0.25, -0.2) is 9.37 Å². The van der Waals surface area contributed by atoms with E-state index in [2.05, 4.69) is 20.6 Å². The number of methoxy groups -OCH3 is 1. The minimum Gasteiger partial charge on any atom is -0.494 e. The molecule has 118 valence electrons. The number of aromatic nitrogens is 2. The standard InChI is InChI=1S/C17H22FN3O/c1-12-10-20(2)17(19-12)15-5-4-8-21(15)11-13-6-7-14(18)16(9-13)22-3/h6-7,9-10,15H,4-5,8,11H2,1-3H3/t15-/m1/s1. The van der Waals surface area contributed by atoms with Gasteiger partial charge in [-0.3, -0.25) is 4.90 Å². The van der Waals surface area contributed by atoms with Crippen LogP contribution in [-0.4, -0.2) is 28.1 Å². The van der Waals surface area contributed by atoms with E-state index < -0.39 is 0 Å². The van der Waals surface area contributed by atoms with E-state index in [1.807, 2.05) is 20.0 Å². The molecule has 0 aliphatic carbocycles. The number of rotatable bonds is 4. The fourth-order valence-electron chi connectivity index (χ4n) is 3.29. The van der Waals surface area contributed by atoms with Crippen LogP contribution in [0.1, 0.15) is 36.0 Å². The van der Waals surface area contributed by atoms with Crippen LogP contribution >= 0.6 is 0 Å². The summed E-state index contributed by atoms with van der Waals surface area (Å²) < 4.78 is 20.7. The predicted molar refractivity (Wildman–Crippen MR) is 83.3 cm³/mol. The van der Waals surface area contributed by atoms with Crippen molar-refractivity contribution in [2.45, 2.75) is 32.4 Å². The van der Waals surface area contributed by atoms with Crippen LogP contribution in [0.3, 0.4) is 0 Å². The molecule has 0 N–H and O–H groups in total. The Morgan fingerprint density at radius 1 is 1.41 bits per heavy atom. The Labute approximate surface area is 130 Å². The van der Waals surface area contributed by atoms with Gasteiger partial charge in [0.2, 0.25) is 0 Å². The molecule has 0 saturated carbocycles. The van der Waals surface area contributed by atoms with Gasteiger partial charge in [-0.2, -0.15) is 0 Å². The van der Waals surface area contributed by atoms with E-state index in [0.717, 1.165) is 43.0 Å². The average Bonchev–Trinajstić information content (AvgIpc) is 3.07. The lowest BCUT2D eigenvalue weighted by Crippen LogP contribution is -2.24. The van der Waals surface area contributed by atoms with Gasteiger partial charge < -0.3 is 9.30 Å². The number of benzene rings is 1. The first kappa shape index (κ1) is 15.0. The molecule has 2 heterocycles. The SMILES string of the molecule is COc1cc(CN2CCC[C@@H]2c2nc(C)cn2C)ccc1F. The van der Waals surface area contributed by atoms with Crippen LogP contribution in [0.25, 0.3) is 0 Å². The van der Waals surface area contributed by atoms with Gasteiger partial charge in [0.05, 0.1) is 18.8 Å². The average molecular weight is 303 g/mol. The van der Waals surface area contributed by atoms with E-state index in [1.54, 1.807) is 6.07 Å². The molecule has 0 unspecified atom stereocenters. The van der Waals surface area contributed by atoms with Crippen molar-refractivity contribution >= 4 is 0 Å². The zero-order valence-corrected chi connectivity index (χ0v) is 13.3. The molecule has 1 aromatic carbocycles. The number of nitrogens with zero attached hydrogens (tertiary/aromatic N) is 3. The molecule has 1 fully saturated rings. The van der Waals surface area contributed by atoms with Crippen LogP contribution in [0.5, 0.6) is 5.75 Å². The summed E-state index contributed by atoms with van der Waals surface area (Å²) in [7, 11) is 3.55. The molecule has 4 nitrogen and oxygen atoms in total. The van der Waals surface area contributed by atoms with Gasteiger partial charge in [-0.1, -0.05) is 6.07 Å². The quantitative estimate of drug-likeness (QED) is 0.869. The Balaban J connectivity index is 1.81. The number of halogens is 1. The Hall–Kier alpha value is -1.88. The zero-order chi connectivity index (χ0) is 15.7. The lowest BCUT2D eigenvalue weighted by atomic mass is 10.1. The monoisotopic (exact) mass is 303 g/mol. The molecule has 0 amide bonds. The second kappa shape index (κ2) is 6.08. The lowest BCUT2D eigenvalue weighted by molar-refractivity contribution is 0.236. The molecular weight excluding hydrogens is 281 g/mol.